The summed E-state index contributed by atoms with van der Waals surface area (Å²) in [4.78, 5) is 4.06. The summed E-state index contributed by atoms with van der Waals surface area (Å²) in [6.45, 7) is 2.27. The van der Waals surface area contributed by atoms with Gasteiger partial charge >= 0.3 is 0 Å². The molecule has 4 heteroatoms. The molecular weight excluding hydrogens is 222 g/mol. The summed E-state index contributed by atoms with van der Waals surface area (Å²) in [5.41, 5.74) is 13.0. The van der Waals surface area contributed by atoms with Gasteiger partial charge in [-0.15, -0.1) is 0 Å². The largest absolute Gasteiger partial charge is 0.383 e. The first-order chi connectivity index (χ1) is 7.58. The van der Waals surface area contributed by atoms with Crippen molar-refractivity contribution in [1.29, 1.82) is 0 Å². The molecule has 88 valence electrons. The number of halogens is 1. The first-order valence-corrected chi connectivity index (χ1v) is 6.12. The lowest BCUT2D eigenvalue weighted by atomic mass is 9.92. The topological polar surface area (TPSA) is 64.9 Å². The number of nitrogens with zero attached hydrogens (tertiary/aromatic N) is 1. The van der Waals surface area contributed by atoms with Crippen LogP contribution in [0.2, 0.25) is 5.02 Å². The van der Waals surface area contributed by atoms with Crippen molar-refractivity contribution in [3.8, 4) is 0 Å². The average Bonchev–Trinajstić information content (AvgIpc) is 2.67. The second-order valence-corrected chi connectivity index (χ2v) is 5.27. The third-order valence-electron chi connectivity index (χ3n) is 3.52. The third kappa shape index (κ3) is 2.30. The molecule has 0 bridgehead atoms. The highest BCUT2D eigenvalue weighted by molar-refractivity contribution is 6.30. The molecule has 1 aliphatic carbocycles. The van der Waals surface area contributed by atoms with Crippen LogP contribution in [0, 0.1) is 11.8 Å². The number of pyridine rings is 1. The van der Waals surface area contributed by atoms with Crippen LogP contribution in [0.25, 0.3) is 0 Å². The lowest BCUT2D eigenvalue weighted by Crippen LogP contribution is -2.21. The van der Waals surface area contributed by atoms with Crippen molar-refractivity contribution in [3.63, 3.8) is 0 Å². The summed E-state index contributed by atoms with van der Waals surface area (Å²) in [5, 5.41) is 0.602. The Morgan fingerprint density at radius 1 is 1.50 bits per heavy atom. The van der Waals surface area contributed by atoms with Gasteiger partial charge in [0.25, 0.3) is 0 Å². The van der Waals surface area contributed by atoms with Gasteiger partial charge in [-0.05, 0) is 30.7 Å². The molecule has 3 nitrogen and oxygen atoms in total. The van der Waals surface area contributed by atoms with Crippen molar-refractivity contribution in [3.05, 3.63) is 22.8 Å². The maximum absolute atomic E-state index is 6.25. The normalized spacial score (nSPS) is 26.9. The molecule has 1 aromatic rings. The zero-order valence-electron chi connectivity index (χ0n) is 9.49. The second-order valence-electron chi connectivity index (χ2n) is 4.83. The van der Waals surface area contributed by atoms with Crippen LogP contribution in [-0.4, -0.2) is 4.98 Å². The van der Waals surface area contributed by atoms with Crippen molar-refractivity contribution in [1.82, 2.24) is 4.98 Å². The Morgan fingerprint density at radius 3 is 2.88 bits per heavy atom. The molecule has 1 aliphatic rings. The summed E-state index contributed by atoms with van der Waals surface area (Å²) < 4.78 is 0. The van der Waals surface area contributed by atoms with Gasteiger partial charge in [-0.3, -0.25) is 0 Å². The third-order valence-corrected chi connectivity index (χ3v) is 3.73. The molecule has 16 heavy (non-hydrogen) atoms. The molecule has 2 rings (SSSR count). The molecule has 1 aromatic heterocycles. The van der Waals surface area contributed by atoms with Crippen LogP contribution >= 0.6 is 11.6 Å². The van der Waals surface area contributed by atoms with E-state index < -0.39 is 0 Å². The molecule has 0 radical (unpaired) electrons. The minimum absolute atomic E-state index is 0.0313. The monoisotopic (exact) mass is 239 g/mol. The Labute approximate surface area is 101 Å². The van der Waals surface area contributed by atoms with Gasteiger partial charge in [0.1, 0.15) is 5.82 Å². The van der Waals surface area contributed by atoms with Crippen molar-refractivity contribution in [2.45, 2.75) is 32.2 Å². The second kappa shape index (κ2) is 4.60. The van der Waals surface area contributed by atoms with Crippen molar-refractivity contribution >= 4 is 17.4 Å². The van der Waals surface area contributed by atoms with Gasteiger partial charge in [0.2, 0.25) is 0 Å². The van der Waals surface area contributed by atoms with Gasteiger partial charge in [0.15, 0.2) is 0 Å². The number of hydrogen-bond donors (Lipinski definition) is 2. The van der Waals surface area contributed by atoms with E-state index in [0.29, 0.717) is 16.8 Å². The number of nitrogens with two attached hydrogens (primary N) is 2. The van der Waals surface area contributed by atoms with Crippen molar-refractivity contribution < 1.29 is 0 Å². The first-order valence-electron chi connectivity index (χ1n) is 5.74. The van der Waals surface area contributed by atoms with Crippen LogP contribution in [0.1, 0.15) is 37.8 Å². The molecule has 0 saturated heterocycles. The molecular formula is C12H18ClN3. The van der Waals surface area contributed by atoms with E-state index in [2.05, 4.69) is 11.9 Å². The summed E-state index contributed by atoms with van der Waals surface area (Å²) in [7, 11) is 0. The minimum atomic E-state index is -0.0313. The summed E-state index contributed by atoms with van der Waals surface area (Å²) in [5.74, 6) is 1.79. The van der Waals surface area contributed by atoms with Crippen LogP contribution in [0.5, 0.6) is 0 Å². The fraction of sp³-hybridized carbons (Fsp3) is 0.583. The van der Waals surface area contributed by atoms with E-state index in [0.717, 1.165) is 11.5 Å². The maximum atomic E-state index is 6.25. The van der Waals surface area contributed by atoms with Gasteiger partial charge in [0.05, 0.1) is 5.02 Å². The predicted octanol–water partition coefficient (Wildman–Crippen LogP) is 2.75. The highest BCUT2D eigenvalue weighted by Gasteiger charge is 2.28. The standard InChI is InChI=1S/C12H18ClN3/c1-7-2-3-8(4-7)11(14)10-5-9(13)6-16-12(10)15/h5-8,11H,2-4,14H2,1H3,(H2,15,16). The highest BCUT2D eigenvalue weighted by Crippen LogP contribution is 2.39. The summed E-state index contributed by atoms with van der Waals surface area (Å²) >= 11 is 5.92. The van der Waals surface area contributed by atoms with E-state index in [1.54, 1.807) is 6.20 Å². The van der Waals surface area contributed by atoms with Crippen LogP contribution in [0.15, 0.2) is 12.3 Å². The van der Waals surface area contributed by atoms with Gasteiger partial charge < -0.3 is 11.5 Å². The number of rotatable bonds is 2. The van der Waals surface area contributed by atoms with E-state index in [4.69, 9.17) is 23.1 Å². The molecule has 0 aromatic carbocycles. The SMILES string of the molecule is CC1CCC(C(N)c2cc(Cl)cnc2N)C1. The van der Waals surface area contributed by atoms with E-state index >= 15 is 0 Å². The number of anilines is 1. The quantitative estimate of drug-likeness (QED) is 0.834. The average molecular weight is 240 g/mol. The fourth-order valence-electron chi connectivity index (χ4n) is 2.56. The van der Waals surface area contributed by atoms with E-state index in [9.17, 15) is 0 Å². The first kappa shape index (κ1) is 11.7. The zero-order chi connectivity index (χ0) is 11.7. The molecule has 3 atom stereocenters. The molecule has 0 spiro atoms. The minimum Gasteiger partial charge on any atom is -0.383 e. The molecule has 0 amide bonds. The predicted molar refractivity (Wildman–Crippen MR) is 67.1 cm³/mol. The molecule has 1 heterocycles. The zero-order valence-corrected chi connectivity index (χ0v) is 10.2. The molecule has 0 aliphatic heterocycles. The fourth-order valence-corrected chi connectivity index (χ4v) is 2.73. The van der Waals surface area contributed by atoms with Gasteiger partial charge in [-0.25, -0.2) is 4.98 Å². The number of aromatic nitrogens is 1. The molecule has 1 saturated carbocycles. The lowest BCUT2D eigenvalue weighted by molar-refractivity contribution is 0.429. The Hall–Kier alpha value is -0.800. The van der Waals surface area contributed by atoms with Gasteiger partial charge in [-0.1, -0.05) is 24.9 Å². The molecule has 1 fully saturated rings. The summed E-state index contributed by atoms with van der Waals surface area (Å²) in [6, 6.07) is 1.81. The van der Waals surface area contributed by atoms with Crippen LogP contribution in [0.3, 0.4) is 0 Å². The Balaban J connectivity index is 2.20. The number of hydrogen-bond acceptors (Lipinski definition) is 3. The van der Waals surface area contributed by atoms with Crippen molar-refractivity contribution in [2.24, 2.45) is 17.6 Å². The Kier molecular flexibility index (Phi) is 3.36. The number of nitrogen functional groups attached to an aromatic ring is 1. The van der Waals surface area contributed by atoms with E-state index in [-0.39, 0.29) is 6.04 Å². The van der Waals surface area contributed by atoms with E-state index in [1.807, 2.05) is 6.07 Å². The lowest BCUT2D eigenvalue weighted by Gasteiger charge is -2.20. The summed E-state index contributed by atoms with van der Waals surface area (Å²) in [6.07, 6.45) is 5.16. The molecule has 3 unspecified atom stereocenters. The maximum Gasteiger partial charge on any atom is 0.128 e. The highest BCUT2D eigenvalue weighted by atomic mass is 35.5. The van der Waals surface area contributed by atoms with Gasteiger partial charge in [0, 0.05) is 17.8 Å². The van der Waals surface area contributed by atoms with Crippen LogP contribution in [-0.2, 0) is 0 Å². The van der Waals surface area contributed by atoms with E-state index in [1.165, 1.54) is 19.3 Å². The Bertz CT molecular complexity index is 381. The Morgan fingerprint density at radius 2 is 2.25 bits per heavy atom. The smallest absolute Gasteiger partial charge is 0.128 e. The molecule has 4 N–H and O–H groups in total. The van der Waals surface area contributed by atoms with Gasteiger partial charge in [-0.2, -0.15) is 0 Å². The van der Waals surface area contributed by atoms with Crippen LogP contribution < -0.4 is 11.5 Å². The van der Waals surface area contributed by atoms with Crippen LogP contribution in [0.4, 0.5) is 5.82 Å². The van der Waals surface area contributed by atoms with Crippen molar-refractivity contribution in [2.75, 3.05) is 5.73 Å².